The molecule has 6 nitrogen and oxygen atoms in total. The molecule has 0 bridgehead atoms. The van der Waals surface area contributed by atoms with E-state index >= 15 is 0 Å². The number of hydrogen-bond donors (Lipinski definition) is 1. The summed E-state index contributed by atoms with van der Waals surface area (Å²) in [6.07, 6.45) is 1.68. The summed E-state index contributed by atoms with van der Waals surface area (Å²) in [4.78, 5) is 27.1. The van der Waals surface area contributed by atoms with Crippen LogP contribution in [-0.2, 0) is 17.8 Å². The van der Waals surface area contributed by atoms with Gasteiger partial charge >= 0.3 is 0 Å². The minimum Gasteiger partial charge on any atom is -0.486 e. The van der Waals surface area contributed by atoms with Gasteiger partial charge in [-0.25, -0.2) is 0 Å². The first-order valence-electron chi connectivity index (χ1n) is 12.0. The van der Waals surface area contributed by atoms with E-state index in [0.29, 0.717) is 24.6 Å². The summed E-state index contributed by atoms with van der Waals surface area (Å²) in [5.41, 5.74) is 3.40. The highest BCUT2D eigenvalue weighted by Gasteiger charge is 2.33. The molecular weight excluding hydrogens is 428 g/mol. The maximum atomic E-state index is 13.1. The maximum absolute atomic E-state index is 13.1. The van der Waals surface area contributed by atoms with Gasteiger partial charge in [0, 0.05) is 19.0 Å². The van der Waals surface area contributed by atoms with Gasteiger partial charge in [-0.15, -0.1) is 0 Å². The minimum atomic E-state index is -0.220. The van der Waals surface area contributed by atoms with Crippen LogP contribution in [0, 0.1) is 5.92 Å². The van der Waals surface area contributed by atoms with Crippen LogP contribution in [0.15, 0.2) is 65.1 Å². The molecule has 3 aromatic rings. The van der Waals surface area contributed by atoms with Crippen molar-refractivity contribution in [2.24, 2.45) is 5.92 Å². The number of rotatable bonds is 8. The van der Waals surface area contributed by atoms with E-state index in [1.165, 1.54) is 5.56 Å². The lowest BCUT2D eigenvalue weighted by molar-refractivity contribution is -0.136. The first-order valence-corrected chi connectivity index (χ1v) is 12.0. The maximum Gasteiger partial charge on any atom is 0.286 e. The molecule has 1 aliphatic rings. The Bertz CT molecular complexity index is 1140. The van der Waals surface area contributed by atoms with Crippen molar-refractivity contribution in [1.29, 1.82) is 0 Å². The van der Waals surface area contributed by atoms with Gasteiger partial charge in [0.1, 0.15) is 18.1 Å². The molecule has 1 N–H and O–H groups in total. The van der Waals surface area contributed by atoms with Crippen molar-refractivity contribution >= 4 is 11.8 Å². The lowest BCUT2D eigenvalue weighted by Crippen LogP contribution is -2.42. The lowest BCUT2D eigenvalue weighted by atomic mass is 9.87. The van der Waals surface area contributed by atoms with E-state index in [1.54, 1.807) is 12.1 Å². The van der Waals surface area contributed by atoms with Crippen LogP contribution in [-0.4, -0.2) is 29.8 Å². The second-order valence-electron chi connectivity index (χ2n) is 8.92. The topological polar surface area (TPSA) is 71.8 Å². The fourth-order valence-corrected chi connectivity index (χ4v) is 4.30. The smallest absolute Gasteiger partial charge is 0.286 e. The van der Waals surface area contributed by atoms with E-state index in [-0.39, 0.29) is 36.1 Å². The zero-order chi connectivity index (χ0) is 24.1. The predicted octanol–water partition coefficient (Wildman–Crippen LogP) is 5.13. The highest BCUT2D eigenvalue weighted by molar-refractivity contribution is 5.91. The lowest BCUT2D eigenvalue weighted by Gasteiger charge is -2.39. The third-order valence-electron chi connectivity index (χ3n) is 6.04. The van der Waals surface area contributed by atoms with Gasteiger partial charge in [-0.05, 0) is 53.8 Å². The quantitative estimate of drug-likeness (QED) is 0.506. The van der Waals surface area contributed by atoms with Gasteiger partial charge in [0.15, 0.2) is 5.76 Å². The molecule has 1 atom stereocenters. The van der Waals surface area contributed by atoms with Crippen molar-refractivity contribution in [3.63, 3.8) is 0 Å². The molecule has 2 heterocycles. The number of benzene rings is 2. The van der Waals surface area contributed by atoms with Gasteiger partial charge in [0.05, 0.1) is 6.04 Å². The van der Waals surface area contributed by atoms with E-state index in [9.17, 15) is 9.59 Å². The van der Waals surface area contributed by atoms with Crippen LogP contribution < -0.4 is 10.1 Å². The Kier molecular flexibility index (Phi) is 7.36. The first kappa shape index (κ1) is 23.6. The Morgan fingerprint density at radius 1 is 1.12 bits per heavy atom. The highest BCUT2D eigenvalue weighted by Crippen LogP contribution is 2.38. The summed E-state index contributed by atoms with van der Waals surface area (Å²) in [6, 6.07) is 19.5. The first-order chi connectivity index (χ1) is 16.5. The highest BCUT2D eigenvalue weighted by atomic mass is 16.5. The molecule has 0 fully saturated rings. The fraction of sp³-hybridized carbons (Fsp3) is 0.357. The number of nitrogens with zero attached hydrogens (tertiary/aromatic N) is 1. The standard InChI is InChI=1S/C28H32N2O4/c1-4-15-29-27(31)25-13-12-23(34-25)18-33-22-11-10-20-14-16-30(28(32)19(2)3)26(24(20)17-22)21-8-6-5-7-9-21/h5-13,17,19,26H,4,14-16,18H2,1-3H3,(H,29,31). The van der Waals surface area contributed by atoms with E-state index in [2.05, 4.69) is 23.5 Å². The summed E-state index contributed by atoms with van der Waals surface area (Å²) < 4.78 is 11.7. The second kappa shape index (κ2) is 10.6. The molecule has 2 aromatic carbocycles. The van der Waals surface area contributed by atoms with Gasteiger partial charge in [0.2, 0.25) is 5.91 Å². The summed E-state index contributed by atoms with van der Waals surface area (Å²) >= 11 is 0. The van der Waals surface area contributed by atoms with Crippen LogP contribution in [0.3, 0.4) is 0 Å². The average Bonchev–Trinajstić information content (AvgIpc) is 3.34. The zero-order valence-corrected chi connectivity index (χ0v) is 20.0. The van der Waals surface area contributed by atoms with Gasteiger partial charge in [-0.2, -0.15) is 0 Å². The van der Waals surface area contributed by atoms with Crippen LogP contribution in [0.1, 0.15) is 66.2 Å². The molecule has 6 heteroatoms. The van der Waals surface area contributed by atoms with E-state index in [4.69, 9.17) is 9.15 Å². The Hall–Kier alpha value is -3.54. The zero-order valence-electron chi connectivity index (χ0n) is 20.0. The summed E-state index contributed by atoms with van der Waals surface area (Å²) in [5.74, 6) is 1.42. The third kappa shape index (κ3) is 5.16. The van der Waals surface area contributed by atoms with Crippen molar-refractivity contribution in [1.82, 2.24) is 10.2 Å². The Morgan fingerprint density at radius 2 is 1.91 bits per heavy atom. The molecule has 0 saturated heterocycles. The molecule has 0 aliphatic carbocycles. The fourth-order valence-electron chi connectivity index (χ4n) is 4.30. The molecule has 1 aromatic heterocycles. The molecule has 178 valence electrons. The second-order valence-corrected chi connectivity index (χ2v) is 8.92. The number of carbonyl (C=O) groups excluding carboxylic acids is 2. The largest absolute Gasteiger partial charge is 0.486 e. The van der Waals surface area contributed by atoms with Crippen LogP contribution in [0.4, 0.5) is 0 Å². The number of fused-ring (bicyclic) bond motifs is 1. The molecule has 34 heavy (non-hydrogen) atoms. The number of amides is 2. The Morgan fingerprint density at radius 3 is 2.65 bits per heavy atom. The molecule has 1 unspecified atom stereocenters. The molecular formula is C28H32N2O4. The molecule has 2 amide bonds. The average molecular weight is 461 g/mol. The third-order valence-corrected chi connectivity index (χ3v) is 6.04. The molecule has 0 spiro atoms. The van der Waals surface area contributed by atoms with E-state index in [1.807, 2.05) is 56.0 Å². The summed E-state index contributed by atoms with van der Waals surface area (Å²) in [7, 11) is 0. The molecule has 1 aliphatic heterocycles. The number of carbonyl (C=O) groups is 2. The van der Waals surface area contributed by atoms with Crippen molar-refractivity contribution in [3.05, 3.63) is 88.9 Å². The van der Waals surface area contributed by atoms with Crippen molar-refractivity contribution in [3.8, 4) is 5.75 Å². The van der Waals surface area contributed by atoms with Crippen LogP contribution in [0.25, 0.3) is 0 Å². The summed E-state index contributed by atoms with van der Waals surface area (Å²) in [6.45, 7) is 7.41. The van der Waals surface area contributed by atoms with Gasteiger partial charge in [0.25, 0.3) is 5.91 Å². The van der Waals surface area contributed by atoms with Crippen LogP contribution in [0.5, 0.6) is 5.75 Å². The van der Waals surface area contributed by atoms with Gasteiger partial charge in [-0.1, -0.05) is 57.2 Å². The van der Waals surface area contributed by atoms with Crippen LogP contribution in [0.2, 0.25) is 0 Å². The minimum absolute atomic E-state index is 0.0742. The molecule has 4 rings (SSSR count). The van der Waals surface area contributed by atoms with Crippen molar-refractivity contribution in [2.45, 2.75) is 46.3 Å². The summed E-state index contributed by atoms with van der Waals surface area (Å²) in [5, 5.41) is 2.81. The Balaban J connectivity index is 1.56. The van der Waals surface area contributed by atoms with E-state index < -0.39 is 0 Å². The number of hydrogen-bond acceptors (Lipinski definition) is 4. The predicted molar refractivity (Wildman–Crippen MR) is 131 cm³/mol. The molecule has 0 saturated carbocycles. The van der Waals surface area contributed by atoms with Crippen molar-refractivity contribution in [2.75, 3.05) is 13.1 Å². The normalized spacial score (nSPS) is 15.2. The number of nitrogens with one attached hydrogen (secondary N) is 1. The molecule has 0 radical (unpaired) electrons. The monoisotopic (exact) mass is 460 g/mol. The van der Waals surface area contributed by atoms with E-state index in [0.717, 1.165) is 24.0 Å². The van der Waals surface area contributed by atoms with Crippen LogP contribution >= 0.6 is 0 Å². The van der Waals surface area contributed by atoms with Gasteiger partial charge in [-0.3, -0.25) is 9.59 Å². The van der Waals surface area contributed by atoms with Crippen molar-refractivity contribution < 1.29 is 18.7 Å². The Labute approximate surface area is 200 Å². The number of ether oxygens (including phenoxy) is 1. The number of furan rings is 1. The SMILES string of the molecule is CCCNC(=O)c1ccc(COc2ccc3c(c2)C(c2ccccc2)N(C(=O)C(C)C)CC3)o1. The van der Waals surface area contributed by atoms with Gasteiger partial charge < -0.3 is 19.4 Å².